The number of nitrogens with zero attached hydrogens (tertiary/aromatic N) is 3. The number of carbonyl (C=O) groups excluding carboxylic acids is 1. The maximum Gasteiger partial charge on any atom is 0.217 e. The van der Waals surface area contributed by atoms with Gasteiger partial charge in [-0.1, -0.05) is 23.7 Å². The van der Waals surface area contributed by atoms with E-state index in [4.69, 9.17) is 11.6 Å². The Balaban J connectivity index is 2.06. The highest BCUT2D eigenvalue weighted by Crippen LogP contribution is 2.26. The first-order chi connectivity index (χ1) is 12.3. The molecule has 1 atom stereocenters. The molecule has 0 saturated heterocycles. The third-order valence-corrected chi connectivity index (χ3v) is 4.07. The van der Waals surface area contributed by atoms with E-state index in [2.05, 4.69) is 15.4 Å². The molecule has 0 aliphatic carbocycles. The molecule has 1 heterocycles. The van der Waals surface area contributed by atoms with Crippen LogP contribution in [0.25, 0.3) is 11.4 Å². The van der Waals surface area contributed by atoms with Gasteiger partial charge in [0.15, 0.2) is 11.6 Å². The second-order valence-corrected chi connectivity index (χ2v) is 6.14. The molecular weight excluding hydrogens is 362 g/mol. The summed E-state index contributed by atoms with van der Waals surface area (Å²) >= 11 is 5.70. The highest BCUT2D eigenvalue weighted by atomic mass is 35.5. The molecule has 1 aromatic heterocycles. The summed E-state index contributed by atoms with van der Waals surface area (Å²) in [6.07, 6.45) is 0. The number of hydrogen-bond donors (Lipinski definition) is 1. The lowest BCUT2D eigenvalue weighted by molar-refractivity contribution is -0.119. The summed E-state index contributed by atoms with van der Waals surface area (Å²) in [7, 11) is 1.65. The van der Waals surface area contributed by atoms with E-state index >= 15 is 0 Å². The van der Waals surface area contributed by atoms with E-state index in [9.17, 15) is 13.6 Å². The van der Waals surface area contributed by atoms with Crippen LogP contribution in [-0.2, 0) is 11.8 Å². The van der Waals surface area contributed by atoms with E-state index in [0.29, 0.717) is 17.0 Å². The maximum atomic E-state index is 13.7. The van der Waals surface area contributed by atoms with E-state index in [-0.39, 0.29) is 16.8 Å². The molecule has 0 spiro atoms. The Bertz CT molecular complexity index is 974. The van der Waals surface area contributed by atoms with Gasteiger partial charge in [0.2, 0.25) is 5.91 Å². The van der Waals surface area contributed by atoms with E-state index in [1.165, 1.54) is 35.9 Å². The highest BCUT2D eigenvalue weighted by Gasteiger charge is 2.23. The fourth-order valence-electron chi connectivity index (χ4n) is 2.59. The van der Waals surface area contributed by atoms with Crippen molar-refractivity contribution in [3.05, 3.63) is 70.5 Å². The Morgan fingerprint density at radius 2 is 2.00 bits per heavy atom. The molecule has 0 radical (unpaired) electrons. The number of carbonyl (C=O) groups is 1. The van der Waals surface area contributed by atoms with Crippen LogP contribution in [0.5, 0.6) is 0 Å². The number of rotatable bonds is 4. The lowest BCUT2D eigenvalue weighted by Gasteiger charge is -2.17. The molecule has 3 aromatic rings. The summed E-state index contributed by atoms with van der Waals surface area (Å²) in [5.74, 6) is -0.663. The van der Waals surface area contributed by atoms with Crippen LogP contribution >= 0.6 is 11.6 Å². The van der Waals surface area contributed by atoms with Crippen LogP contribution in [0.4, 0.5) is 8.78 Å². The molecule has 2 aromatic carbocycles. The monoisotopic (exact) mass is 376 g/mol. The van der Waals surface area contributed by atoms with Crippen molar-refractivity contribution in [2.45, 2.75) is 13.0 Å². The van der Waals surface area contributed by atoms with Crippen molar-refractivity contribution in [1.29, 1.82) is 0 Å². The fraction of sp³-hybridized carbons (Fsp3) is 0.167. The van der Waals surface area contributed by atoms with Crippen LogP contribution in [0.1, 0.15) is 24.4 Å². The van der Waals surface area contributed by atoms with Crippen LogP contribution in [0.3, 0.4) is 0 Å². The van der Waals surface area contributed by atoms with Gasteiger partial charge < -0.3 is 5.32 Å². The van der Waals surface area contributed by atoms with Crippen molar-refractivity contribution < 1.29 is 13.6 Å². The van der Waals surface area contributed by atoms with Gasteiger partial charge in [-0.2, -0.15) is 5.10 Å². The van der Waals surface area contributed by atoms with Gasteiger partial charge in [0.1, 0.15) is 17.7 Å². The first kappa shape index (κ1) is 18.0. The van der Waals surface area contributed by atoms with E-state index in [1.807, 2.05) is 0 Å². The molecule has 0 bridgehead atoms. The van der Waals surface area contributed by atoms with Crippen LogP contribution < -0.4 is 5.32 Å². The van der Waals surface area contributed by atoms with Crippen molar-refractivity contribution in [2.24, 2.45) is 7.05 Å². The van der Waals surface area contributed by atoms with Crippen LogP contribution in [0, 0.1) is 11.6 Å². The topological polar surface area (TPSA) is 59.8 Å². The molecule has 1 amide bonds. The average Bonchev–Trinajstić information content (AvgIpc) is 2.96. The Morgan fingerprint density at radius 3 is 2.65 bits per heavy atom. The molecule has 0 fully saturated rings. The minimum Gasteiger partial charge on any atom is -0.342 e. The molecule has 5 nitrogen and oxygen atoms in total. The van der Waals surface area contributed by atoms with Crippen molar-refractivity contribution in [3.8, 4) is 11.4 Å². The number of halogens is 3. The Hall–Kier alpha value is -2.80. The van der Waals surface area contributed by atoms with Gasteiger partial charge in [-0.15, -0.1) is 0 Å². The lowest BCUT2D eigenvalue weighted by atomic mass is 10.1. The quantitative estimate of drug-likeness (QED) is 0.756. The largest absolute Gasteiger partial charge is 0.342 e. The standard InChI is InChI=1S/C18H15ClF2N4O/c1-10(26)22-16(11-4-3-5-13(20)8-11)18-23-17(24-25(18)2)12-6-7-14(19)15(21)9-12/h3-9,16H,1-2H3,(H,22,26). The van der Waals surface area contributed by atoms with Crippen LogP contribution in [0.15, 0.2) is 42.5 Å². The summed E-state index contributed by atoms with van der Waals surface area (Å²) in [4.78, 5) is 16.0. The third kappa shape index (κ3) is 3.72. The lowest BCUT2D eigenvalue weighted by Crippen LogP contribution is -2.29. The van der Waals surface area contributed by atoms with E-state index in [1.54, 1.807) is 25.2 Å². The smallest absolute Gasteiger partial charge is 0.217 e. The number of amides is 1. The zero-order chi connectivity index (χ0) is 18.8. The average molecular weight is 377 g/mol. The second-order valence-electron chi connectivity index (χ2n) is 5.73. The number of hydrogen-bond acceptors (Lipinski definition) is 3. The Morgan fingerprint density at radius 1 is 1.23 bits per heavy atom. The van der Waals surface area contributed by atoms with Crippen molar-refractivity contribution in [3.63, 3.8) is 0 Å². The van der Waals surface area contributed by atoms with Gasteiger partial charge in [0, 0.05) is 19.5 Å². The van der Waals surface area contributed by atoms with Gasteiger partial charge in [-0.3, -0.25) is 9.48 Å². The predicted molar refractivity (Wildman–Crippen MR) is 93.5 cm³/mol. The highest BCUT2D eigenvalue weighted by molar-refractivity contribution is 6.30. The molecule has 1 N–H and O–H groups in total. The van der Waals surface area contributed by atoms with E-state index in [0.717, 1.165) is 0 Å². The molecule has 8 heteroatoms. The zero-order valence-corrected chi connectivity index (χ0v) is 14.8. The molecule has 26 heavy (non-hydrogen) atoms. The van der Waals surface area contributed by atoms with Gasteiger partial charge in [-0.25, -0.2) is 13.8 Å². The van der Waals surface area contributed by atoms with Crippen LogP contribution in [-0.4, -0.2) is 20.7 Å². The molecule has 134 valence electrons. The van der Waals surface area contributed by atoms with Gasteiger partial charge in [-0.05, 0) is 35.9 Å². The third-order valence-electron chi connectivity index (χ3n) is 3.76. The normalized spacial score (nSPS) is 12.0. The first-order valence-corrected chi connectivity index (χ1v) is 8.12. The minimum absolute atomic E-state index is 0.000730. The molecule has 0 aliphatic heterocycles. The van der Waals surface area contributed by atoms with E-state index < -0.39 is 17.7 Å². The maximum absolute atomic E-state index is 13.7. The van der Waals surface area contributed by atoms with Gasteiger partial charge >= 0.3 is 0 Å². The van der Waals surface area contributed by atoms with Crippen LogP contribution in [0.2, 0.25) is 5.02 Å². The van der Waals surface area contributed by atoms with Gasteiger partial charge in [0.05, 0.1) is 5.02 Å². The van der Waals surface area contributed by atoms with Gasteiger partial charge in [0.25, 0.3) is 0 Å². The second kappa shape index (κ2) is 7.21. The number of nitrogens with one attached hydrogen (secondary N) is 1. The SMILES string of the molecule is CC(=O)NC(c1cccc(F)c1)c1nc(-c2ccc(Cl)c(F)c2)nn1C. The summed E-state index contributed by atoms with van der Waals surface area (Å²) in [5.41, 5.74) is 0.958. The number of aryl methyl sites for hydroxylation is 1. The predicted octanol–water partition coefficient (Wildman–Crippen LogP) is 3.64. The van der Waals surface area contributed by atoms with Crippen molar-refractivity contribution in [2.75, 3.05) is 0 Å². The number of aromatic nitrogens is 3. The zero-order valence-electron chi connectivity index (χ0n) is 14.0. The molecule has 1 unspecified atom stereocenters. The van der Waals surface area contributed by atoms with Crippen molar-refractivity contribution >= 4 is 17.5 Å². The summed E-state index contributed by atoms with van der Waals surface area (Å²) in [6.45, 7) is 1.36. The summed E-state index contributed by atoms with van der Waals surface area (Å²) in [5, 5.41) is 7.02. The molecule has 3 rings (SSSR count). The summed E-state index contributed by atoms with van der Waals surface area (Å²) < 4.78 is 28.8. The Labute approximate surface area is 153 Å². The molecular formula is C18H15ClF2N4O. The Kier molecular flexibility index (Phi) is 4.99. The number of benzene rings is 2. The molecule has 0 aliphatic rings. The summed E-state index contributed by atoms with van der Waals surface area (Å²) in [6, 6.07) is 9.40. The fourth-order valence-corrected chi connectivity index (χ4v) is 2.71. The minimum atomic E-state index is -0.702. The first-order valence-electron chi connectivity index (χ1n) is 7.74. The van der Waals surface area contributed by atoms with Crippen molar-refractivity contribution in [1.82, 2.24) is 20.1 Å². The molecule has 0 saturated carbocycles.